The van der Waals surface area contributed by atoms with Gasteiger partial charge in [0.05, 0.1) is 0 Å². The Morgan fingerprint density at radius 1 is 1.39 bits per heavy atom. The van der Waals surface area contributed by atoms with Crippen LogP contribution in [0.25, 0.3) is 0 Å². The van der Waals surface area contributed by atoms with Gasteiger partial charge in [0.1, 0.15) is 6.04 Å². The van der Waals surface area contributed by atoms with Gasteiger partial charge in [-0.3, -0.25) is 4.79 Å². The normalized spacial score (nSPS) is 18.9. The molecule has 1 N–H and O–H groups in total. The van der Waals surface area contributed by atoms with Crippen molar-refractivity contribution in [2.45, 2.75) is 32.2 Å². The van der Waals surface area contributed by atoms with Gasteiger partial charge in [-0.2, -0.15) is 0 Å². The fourth-order valence-electron chi connectivity index (χ4n) is 2.46. The van der Waals surface area contributed by atoms with E-state index in [0.717, 1.165) is 18.4 Å². The van der Waals surface area contributed by atoms with Gasteiger partial charge in [-0.05, 0) is 30.9 Å². The fraction of sp³-hybridized carbons (Fsp3) is 0.429. The first-order valence-corrected chi connectivity index (χ1v) is 6.26. The number of carboxylic acids is 1. The molecule has 0 aliphatic carbocycles. The third kappa shape index (κ3) is 2.23. The molecule has 1 aliphatic heterocycles. The number of benzene rings is 1. The number of carbonyl (C=O) groups is 2. The molecule has 1 aliphatic rings. The number of likely N-dealkylation sites (tertiary alicyclic amines) is 1. The van der Waals surface area contributed by atoms with Gasteiger partial charge in [0.15, 0.2) is 0 Å². The van der Waals surface area contributed by atoms with Crippen LogP contribution >= 0.6 is 0 Å². The van der Waals surface area contributed by atoms with E-state index in [0.29, 0.717) is 18.5 Å². The number of carbonyl (C=O) groups excluding carboxylic acids is 1. The van der Waals surface area contributed by atoms with E-state index in [2.05, 4.69) is 0 Å². The lowest BCUT2D eigenvalue weighted by Gasteiger charge is -2.22. The van der Waals surface area contributed by atoms with Crippen LogP contribution in [-0.4, -0.2) is 34.5 Å². The first-order chi connectivity index (χ1) is 8.65. The molecule has 1 atom stereocenters. The van der Waals surface area contributed by atoms with Crippen molar-refractivity contribution in [2.75, 3.05) is 6.54 Å². The highest BCUT2D eigenvalue weighted by Gasteiger charge is 2.34. The Bertz CT molecular complexity index is 470. The summed E-state index contributed by atoms with van der Waals surface area (Å²) >= 11 is 0. The van der Waals surface area contributed by atoms with Crippen molar-refractivity contribution in [1.82, 2.24) is 4.90 Å². The lowest BCUT2D eigenvalue weighted by molar-refractivity contribution is -0.141. The monoisotopic (exact) mass is 247 g/mol. The molecule has 0 aromatic heterocycles. The second kappa shape index (κ2) is 5.21. The molecule has 4 nitrogen and oxygen atoms in total. The van der Waals surface area contributed by atoms with Crippen LogP contribution in [0, 0.1) is 0 Å². The summed E-state index contributed by atoms with van der Waals surface area (Å²) in [6.07, 6.45) is 2.08. The van der Waals surface area contributed by atoms with Gasteiger partial charge in [0.2, 0.25) is 0 Å². The maximum atomic E-state index is 12.4. The molecular weight excluding hydrogens is 230 g/mol. The molecule has 1 saturated heterocycles. The quantitative estimate of drug-likeness (QED) is 0.888. The van der Waals surface area contributed by atoms with Gasteiger partial charge >= 0.3 is 5.97 Å². The van der Waals surface area contributed by atoms with Crippen molar-refractivity contribution >= 4 is 11.9 Å². The molecule has 1 amide bonds. The van der Waals surface area contributed by atoms with Gasteiger partial charge in [0, 0.05) is 12.1 Å². The second-order valence-electron chi connectivity index (χ2n) is 4.51. The molecule has 18 heavy (non-hydrogen) atoms. The summed E-state index contributed by atoms with van der Waals surface area (Å²) in [5, 5.41) is 9.11. The highest BCUT2D eigenvalue weighted by atomic mass is 16.4. The van der Waals surface area contributed by atoms with Crippen LogP contribution in [0.2, 0.25) is 0 Å². The van der Waals surface area contributed by atoms with Crippen molar-refractivity contribution in [3.05, 3.63) is 35.4 Å². The molecule has 0 bridgehead atoms. The molecule has 1 aromatic carbocycles. The van der Waals surface area contributed by atoms with Crippen LogP contribution < -0.4 is 0 Å². The maximum Gasteiger partial charge on any atom is 0.326 e. The minimum atomic E-state index is -0.908. The van der Waals surface area contributed by atoms with E-state index in [1.807, 2.05) is 25.1 Å². The predicted octanol–water partition coefficient (Wildman–Crippen LogP) is 1.94. The molecule has 96 valence electrons. The zero-order valence-electron chi connectivity index (χ0n) is 10.4. The molecule has 4 heteroatoms. The first-order valence-electron chi connectivity index (χ1n) is 6.26. The molecule has 0 spiro atoms. The van der Waals surface area contributed by atoms with E-state index < -0.39 is 12.0 Å². The van der Waals surface area contributed by atoms with E-state index in [9.17, 15) is 9.59 Å². The molecule has 2 rings (SSSR count). The van der Waals surface area contributed by atoms with Gasteiger partial charge < -0.3 is 10.0 Å². The summed E-state index contributed by atoms with van der Waals surface area (Å²) in [4.78, 5) is 25.0. The largest absolute Gasteiger partial charge is 0.480 e. The Morgan fingerprint density at radius 3 is 2.78 bits per heavy atom. The number of nitrogens with zero attached hydrogens (tertiary/aromatic N) is 1. The third-order valence-electron chi connectivity index (χ3n) is 3.43. The van der Waals surface area contributed by atoms with Gasteiger partial charge in [-0.15, -0.1) is 0 Å². The number of aliphatic carboxylic acids is 1. The number of aryl methyl sites for hydroxylation is 1. The van der Waals surface area contributed by atoms with Crippen molar-refractivity contribution in [3.8, 4) is 0 Å². The Morgan fingerprint density at radius 2 is 2.11 bits per heavy atom. The van der Waals surface area contributed by atoms with Crippen molar-refractivity contribution in [3.63, 3.8) is 0 Å². The lowest BCUT2D eigenvalue weighted by Crippen LogP contribution is -2.40. The SMILES string of the molecule is CCc1ccccc1C(=O)N1CCC[C@H]1C(=O)O. The van der Waals surface area contributed by atoms with Gasteiger partial charge in [-0.1, -0.05) is 25.1 Å². The summed E-state index contributed by atoms with van der Waals surface area (Å²) in [5.41, 5.74) is 1.60. The minimum Gasteiger partial charge on any atom is -0.480 e. The van der Waals surface area contributed by atoms with Crippen molar-refractivity contribution in [1.29, 1.82) is 0 Å². The predicted molar refractivity (Wildman–Crippen MR) is 67.5 cm³/mol. The number of hydrogen-bond acceptors (Lipinski definition) is 2. The van der Waals surface area contributed by atoms with Crippen molar-refractivity contribution < 1.29 is 14.7 Å². The van der Waals surface area contributed by atoms with E-state index in [4.69, 9.17) is 5.11 Å². The van der Waals surface area contributed by atoms with E-state index in [1.54, 1.807) is 6.07 Å². The molecule has 0 radical (unpaired) electrons. The van der Waals surface area contributed by atoms with Crippen molar-refractivity contribution in [2.24, 2.45) is 0 Å². The number of amides is 1. The summed E-state index contributed by atoms with van der Waals surface area (Å²) in [7, 11) is 0. The molecule has 1 aromatic rings. The summed E-state index contributed by atoms with van der Waals surface area (Å²) in [5.74, 6) is -1.06. The standard InChI is InChI=1S/C14H17NO3/c1-2-10-6-3-4-7-11(10)13(16)15-9-5-8-12(15)14(17)18/h3-4,6-7,12H,2,5,8-9H2,1H3,(H,17,18)/t12-/m0/s1. The number of hydrogen-bond donors (Lipinski definition) is 1. The average Bonchev–Trinajstić information content (AvgIpc) is 2.87. The number of rotatable bonds is 3. The van der Waals surface area contributed by atoms with Crippen LogP contribution in [-0.2, 0) is 11.2 Å². The van der Waals surface area contributed by atoms with Gasteiger partial charge in [0.25, 0.3) is 5.91 Å². The second-order valence-corrected chi connectivity index (χ2v) is 4.51. The summed E-state index contributed by atoms with van der Waals surface area (Å²) < 4.78 is 0. The molecule has 1 heterocycles. The lowest BCUT2D eigenvalue weighted by atomic mass is 10.0. The Balaban J connectivity index is 2.28. The molecule has 0 saturated carbocycles. The van der Waals surface area contributed by atoms with Crippen LogP contribution in [0.15, 0.2) is 24.3 Å². The highest BCUT2D eigenvalue weighted by molar-refractivity contribution is 5.98. The van der Waals surface area contributed by atoms with Gasteiger partial charge in [-0.25, -0.2) is 4.79 Å². The average molecular weight is 247 g/mol. The van der Waals surface area contributed by atoms with Crippen LogP contribution in [0.4, 0.5) is 0 Å². The van der Waals surface area contributed by atoms with E-state index in [-0.39, 0.29) is 5.91 Å². The topological polar surface area (TPSA) is 57.6 Å². The van der Waals surface area contributed by atoms with E-state index >= 15 is 0 Å². The highest BCUT2D eigenvalue weighted by Crippen LogP contribution is 2.22. The zero-order valence-corrected chi connectivity index (χ0v) is 10.4. The Labute approximate surface area is 106 Å². The first kappa shape index (κ1) is 12.6. The Kier molecular flexibility index (Phi) is 3.65. The molecular formula is C14H17NO3. The summed E-state index contributed by atoms with van der Waals surface area (Å²) in [6.45, 7) is 2.53. The third-order valence-corrected chi connectivity index (χ3v) is 3.43. The van der Waals surface area contributed by atoms with E-state index in [1.165, 1.54) is 4.90 Å². The molecule has 0 unspecified atom stereocenters. The maximum absolute atomic E-state index is 12.4. The zero-order chi connectivity index (χ0) is 13.1. The van der Waals surface area contributed by atoms with Crippen LogP contribution in [0.1, 0.15) is 35.7 Å². The smallest absolute Gasteiger partial charge is 0.326 e. The van der Waals surface area contributed by atoms with Crippen LogP contribution in [0.3, 0.4) is 0 Å². The fourth-order valence-corrected chi connectivity index (χ4v) is 2.46. The number of carboxylic acid groups (broad SMARTS) is 1. The summed E-state index contributed by atoms with van der Waals surface area (Å²) in [6, 6.07) is 6.74. The Hall–Kier alpha value is -1.84. The van der Waals surface area contributed by atoms with Crippen LogP contribution in [0.5, 0.6) is 0 Å². The minimum absolute atomic E-state index is 0.155. The molecule has 1 fully saturated rings.